The molecule has 0 aliphatic carbocycles. The zero-order chi connectivity index (χ0) is 11.3. The summed E-state index contributed by atoms with van der Waals surface area (Å²) in [6.45, 7) is 0. The number of rotatable bonds is 1. The Hall–Kier alpha value is -2.84. The van der Waals surface area contributed by atoms with Gasteiger partial charge in [0.2, 0.25) is 0 Å². The van der Waals surface area contributed by atoms with Crippen LogP contribution in [0.15, 0.2) is 18.2 Å². The molecule has 0 radical (unpaired) electrons. The normalized spacial score (nSPS) is 7.87. The summed E-state index contributed by atoms with van der Waals surface area (Å²) in [4.78, 5) is 9.96. The zero-order valence-corrected chi connectivity index (χ0v) is 7.39. The standard InChI is InChI=1S/C10H3N3O2/c11-5-1-2-9-4-3-8(7-12)6-10(9)13(14)15/h3-4,6H. The Morgan fingerprint density at radius 3 is 2.60 bits per heavy atom. The second kappa shape index (κ2) is 4.41. The molecular weight excluding hydrogens is 194 g/mol. The second-order valence-electron chi connectivity index (χ2n) is 2.46. The molecule has 1 aromatic rings. The fourth-order valence-electron chi connectivity index (χ4n) is 0.953. The monoisotopic (exact) mass is 197 g/mol. The van der Waals surface area contributed by atoms with Gasteiger partial charge in [0, 0.05) is 12.0 Å². The Morgan fingerprint density at radius 1 is 1.33 bits per heavy atom. The smallest absolute Gasteiger partial charge is 0.258 e. The van der Waals surface area contributed by atoms with Crippen molar-refractivity contribution < 1.29 is 4.92 Å². The zero-order valence-electron chi connectivity index (χ0n) is 7.39. The molecular formula is C10H3N3O2. The minimum atomic E-state index is -0.637. The lowest BCUT2D eigenvalue weighted by Crippen LogP contribution is -1.93. The fourth-order valence-corrected chi connectivity index (χ4v) is 0.953. The van der Waals surface area contributed by atoms with Gasteiger partial charge in [-0.1, -0.05) is 0 Å². The van der Waals surface area contributed by atoms with Crippen LogP contribution >= 0.6 is 0 Å². The highest BCUT2D eigenvalue weighted by Gasteiger charge is 2.12. The van der Waals surface area contributed by atoms with Crippen LogP contribution in [0, 0.1) is 44.6 Å². The van der Waals surface area contributed by atoms with Crippen molar-refractivity contribution in [3.63, 3.8) is 0 Å². The van der Waals surface area contributed by atoms with Gasteiger partial charge < -0.3 is 0 Å². The number of hydrogen-bond acceptors (Lipinski definition) is 4. The van der Waals surface area contributed by atoms with Crippen molar-refractivity contribution in [3.8, 4) is 24.0 Å². The second-order valence-corrected chi connectivity index (χ2v) is 2.46. The molecule has 0 aliphatic heterocycles. The third kappa shape index (κ3) is 2.30. The van der Waals surface area contributed by atoms with E-state index in [1.54, 1.807) is 12.1 Å². The van der Waals surface area contributed by atoms with Crippen LogP contribution < -0.4 is 0 Å². The Bertz CT molecular complexity index is 553. The lowest BCUT2D eigenvalue weighted by atomic mass is 10.1. The third-order valence-electron chi connectivity index (χ3n) is 1.58. The van der Waals surface area contributed by atoms with Gasteiger partial charge in [0.05, 0.1) is 16.6 Å². The maximum Gasteiger partial charge on any atom is 0.286 e. The van der Waals surface area contributed by atoms with Crippen molar-refractivity contribution in [2.75, 3.05) is 0 Å². The maximum atomic E-state index is 10.6. The van der Waals surface area contributed by atoms with Gasteiger partial charge in [-0.15, -0.1) is 0 Å². The van der Waals surface area contributed by atoms with Crippen molar-refractivity contribution in [1.29, 1.82) is 10.5 Å². The summed E-state index contributed by atoms with van der Waals surface area (Å²) in [7, 11) is 0. The van der Waals surface area contributed by atoms with E-state index in [1.807, 2.05) is 0 Å². The van der Waals surface area contributed by atoms with Crippen LogP contribution in [-0.4, -0.2) is 4.92 Å². The first kappa shape index (κ1) is 10.2. The average Bonchev–Trinajstić information content (AvgIpc) is 2.26. The van der Waals surface area contributed by atoms with Crippen molar-refractivity contribution >= 4 is 5.69 Å². The molecule has 1 aromatic carbocycles. The molecule has 0 amide bonds. The predicted molar refractivity (Wildman–Crippen MR) is 50.3 cm³/mol. The molecule has 0 heterocycles. The van der Waals surface area contributed by atoms with Gasteiger partial charge in [-0.25, -0.2) is 0 Å². The predicted octanol–water partition coefficient (Wildman–Crippen LogP) is 1.34. The van der Waals surface area contributed by atoms with Gasteiger partial charge in [0.15, 0.2) is 6.07 Å². The molecule has 0 aliphatic rings. The van der Waals surface area contributed by atoms with Crippen molar-refractivity contribution in [3.05, 3.63) is 39.4 Å². The van der Waals surface area contributed by atoms with Gasteiger partial charge in [0.25, 0.3) is 5.69 Å². The van der Waals surface area contributed by atoms with Gasteiger partial charge in [-0.2, -0.15) is 10.5 Å². The molecule has 0 spiro atoms. The van der Waals surface area contributed by atoms with E-state index in [0.717, 1.165) is 6.07 Å². The molecule has 0 aromatic heterocycles. The Labute approximate surface area is 85.3 Å². The summed E-state index contributed by atoms with van der Waals surface area (Å²) in [6, 6.07) is 7.24. The van der Waals surface area contributed by atoms with E-state index >= 15 is 0 Å². The van der Waals surface area contributed by atoms with Crippen LogP contribution in [0.3, 0.4) is 0 Å². The summed E-state index contributed by atoms with van der Waals surface area (Å²) in [6.07, 6.45) is 0. The van der Waals surface area contributed by atoms with Gasteiger partial charge in [0.1, 0.15) is 5.56 Å². The Kier molecular flexibility index (Phi) is 3.01. The Morgan fingerprint density at radius 2 is 2.07 bits per heavy atom. The van der Waals surface area contributed by atoms with Crippen LogP contribution in [-0.2, 0) is 0 Å². The first-order chi connectivity index (χ1) is 7.19. The lowest BCUT2D eigenvalue weighted by Gasteiger charge is -1.94. The minimum Gasteiger partial charge on any atom is -0.258 e. The third-order valence-corrected chi connectivity index (χ3v) is 1.58. The van der Waals surface area contributed by atoms with Crippen LogP contribution in [0.5, 0.6) is 0 Å². The summed E-state index contributed by atoms with van der Waals surface area (Å²) in [5.41, 5.74) is 0.0431. The molecule has 1 rings (SSSR count). The molecule has 0 N–H and O–H groups in total. The highest BCUT2D eigenvalue weighted by Crippen LogP contribution is 2.18. The van der Waals surface area contributed by atoms with E-state index in [-0.39, 0.29) is 16.8 Å². The topological polar surface area (TPSA) is 90.7 Å². The first-order valence-electron chi connectivity index (χ1n) is 3.77. The lowest BCUT2D eigenvalue weighted by molar-refractivity contribution is -0.385. The first-order valence-corrected chi connectivity index (χ1v) is 3.77. The minimum absolute atomic E-state index is 0.126. The highest BCUT2D eigenvalue weighted by atomic mass is 16.6. The fraction of sp³-hybridized carbons (Fsp3) is 0. The van der Waals surface area contributed by atoms with Crippen LogP contribution in [0.4, 0.5) is 5.69 Å². The molecule has 70 valence electrons. The quantitative estimate of drug-likeness (QED) is 0.386. The molecule has 0 bridgehead atoms. The summed E-state index contributed by atoms with van der Waals surface area (Å²) in [5, 5.41) is 27.4. The number of nitriles is 2. The van der Waals surface area contributed by atoms with Gasteiger partial charge >= 0.3 is 0 Å². The number of nitro groups is 1. The summed E-state index contributed by atoms with van der Waals surface area (Å²) in [5.74, 6) is 4.40. The largest absolute Gasteiger partial charge is 0.286 e. The number of hydrogen-bond donors (Lipinski definition) is 0. The maximum absolute atomic E-state index is 10.6. The number of benzene rings is 1. The van der Waals surface area contributed by atoms with E-state index in [1.165, 1.54) is 12.1 Å². The average molecular weight is 197 g/mol. The van der Waals surface area contributed by atoms with Crippen molar-refractivity contribution in [2.45, 2.75) is 0 Å². The van der Waals surface area contributed by atoms with Crippen molar-refractivity contribution in [1.82, 2.24) is 0 Å². The van der Waals surface area contributed by atoms with E-state index in [2.05, 4.69) is 11.8 Å². The Balaban J connectivity index is 3.36. The molecule has 15 heavy (non-hydrogen) atoms. The van der Waals surface area contributed by atoms with E-state index in [0.29, 0.717) is 0 Å². The summed E-state index contributed by atoms with van der Waals surface area (Å²) < 4.78 is 0. The van der Waals surface area contributed by atoms with E-state index in [4.69, 9.17) is 10.5 Å². The van der Waals surface area contributed by atoms with Crippen LogP contribution in [0.2, 0.25) is 0 Å². The van der Waals surface area contributed by atoms with Gasteiger partial charge in [-0.3, -0.25) is 10.1 Å². The van der Waals surface area contributed by atoms with Crippen LogP contribution in [0.1, 0.15) is 11.1 Å². The SMILES string of the molecule is N#CC#Cc1ccc(C#N)cc1[N+](=O)[O-]. The molecule has 0 saturated carbocycles. The summed E-state index contributed by atoms with van der Waals surface area (Å²) >= 11 is 0. The molecule has 5 nitrogen and oxygen atoms in total. The van der Waals surface area contributed by atoms with E-state index < -0.39 is 4.92 Å². The molecule has 0 fully saturated rings. The number of nitro benzene ring substituents is 1. The molecule has 5 heteroatoms. The molecule has 0 unspecified atom stereocenters. The molecule has 0 atom stereocenters. The van der Waals surface area contributed by atoms with Crippen molar-refractivity contribution in [2.24, 2.45) is 0 Å². The number of nitrogens with zero attached hydrogens (tertiary/aromatic N) is 3. The van der Waals surface area contributed by atoms with Gasteiger partial charge in [-0.05, 0) is 18.1 Å². The molecule has 0 saturated heterocycles. The highest BCUT2D eigenvalue weighted by molar-refractivity contribution is 5.55. The van der Waals surface area contributed by atoms with Crippen LogP contribution in [0.25, 0.3) is 0 Å². The van der Waals surface area contributed by atoms with E-state index in [9.17, 15) is 10.1 Å².